The summed E-state index contributed by atoms with van der Waals surface area (Å²) < 4.78 is 7.04. The number of methoxy groups -OCH3 is 1. The van der Waals surface area contributed by atoms with E-state index in [1.165, 1.54) is 6.33 Å². The third kappa shape index (κ3) is 1.58. The molecule has 84 valence electrons. The Morgan fingerprint density at radius 1 is 1.38 bits per heavy atom. The second-order valence-electron chi connectivity index (χ2n) is 3.18. The first kappa shape index (κ1) is 10.4. The van der Waals surface area contributed by atoms with Gasteiger partial charge >= 0.3 is 0 Å². The van der Waals surface area contributed by atoms with Crippen LogP contribution in [0.15, 0.2) is 18.7 Å². The van der Waals surface area contributed by atoms with Crippen molar-refractivity contribution in [2.24, 2.45) is 0 Å². The smallest absolute Gasteiger partial charge is 0.204 e. The molecule has 0 radical (unpaired) electrons. The van der Waals surface area contributed by atoms with Crippen LogP contribution >= 0.6 is 0 Å². The molecule has 0 aliphatic heterocycles. The number of nitrogen functional groups attached to an aromatic ring is 1. The highest BCUT2D eigenvalue weighted by Crippen LogP contribution is 2.25. The molecule has 6 nitrogen and oxygen atoms in total. The summed E-state index contributed by atoms with van der Waals surface area (Å²) in [6.45, 7) is 2.02. The number of ether oxygens (including phenoxy) is 1. The van der Waals surface area contributed by atoms with Gasteiger partial charge in [-0.05, 0) is 0 Å². The molecule has 6 heteroatoms. The highest BCUT2D eigenvalue weighted by atomic mass is 16.5. The van der Waals surface area contributed by atoms with Crippen molar-refractivity contribution in [1.29, 1.82) is 0 Å². The molecule has 0 aromatic carbocycles. The lowest BCUT2D eigenvalue weighted by atomic mass is 10.4. The molecule has 0 saturated carbocycles. The second-order valence-corrected chi connectivity index (χ2v) is 3.18. The lowest BCUT2D eigenvalue weighted by Gasteiger charge is -2.10. The normalized spacial score (nSPS) is 10.4. The number of nitrogens with zero attached hydrogens (tertiary/aromatic N) is 4. The van der Waals surface area contributed by atoms with Crippen molar-refractivity contribution in [2.45, 2.75) is 13.3 Å². The molecular formula is C10H13N5O. The quantitative estimate of drug-likeness (QED) is 0.826. The van der Waals surface area contributed by atoms with Gasteiger partial charge in [-0.1, -0.05) is 6.92 Å². The minimum absolute atomic E-state index is 0.322. The number of nitrogens with two attached hydrogens (primary N) is 1. The second kappa shape index (κ2) is 4.18. The van der Waals surface area contributed by atoms with Crippen LogP contribution in [0.2, 0.25) is 0 Å². The molecule has 0 spiro atoms. The van der Waals surface area contributed by atoms with Crippen LogP contribution < -0.4 is 10.5 Å². The van der Waals surface area contributed by atoms with Gasteiger partial charge in [0.1, 0.15) is 12.2 Å². The van der Waals surface area contributed by atoms with Gasteiger partial charge in [0.2, 0.25) is 5.75 Å². The lowest BCUT2D eigenvalue weighted by molar-refractivity contribution is 0.410. The number of imidazole rings is 1. The van der Waals surface area contributed by atoms with E-state index in [2.05, 4.69) is 15.0 Å². The third-order valence-electron chi connectivity index (χ3n) is 2.28. The number of rotatable bonds is 3. The van der Waals surface area contributed by atoms with Crippen LogP contribution in [0.25, 0.3) is 5.82 Å². The number of aryl methyl sites for hydroxylation is 1. The Kier molecular flexibility index (Phi) is 2.72. The van der Waals surface area contributed by atoms with Gasteiger partial charge in [-0.25, -0.2) is 15.0 Å². The van der Waals surface area contributed by atoms with E-state index in [4.69, 9.17) is 10.5 Å². The van der Waals surface area contributed by atoms with Crippen molar-refractivity contribution in [1.82, 2.24) is 19.5 Å². The maximum Gasteiger partial charge on any atom is 0.204 e. The SMILES string of the molecule is CCc1nccn1-c1ncnc(N)c1OC. The Bertz CT molecular complexity index is 494. The van der Waals surface area contributed by atoms with Crippen LogP contribution in [-0.4, -0.2) is 26.6 Å². The van der Waals surface area contributed by atoms with E-state index in [-0.39, 0.29) is 0 Å². The Hall–Kier alpha value is -2.11. The zero-order chi connectivity index (χ0) is 11.5. The number of aromatic nitrogens is 4. The molecule has 0 aliphatic rings. The van der Waals surface area contributed by atoms with Crippen LogP contribution in [0.4, 0.5) is 5.82 Å². The fraction of sp³-hybridized carbons (Fsp3) is 0.300. The molecule has 2 aromatic rings. The summed E-state index contributed by atoms with van der Waals surface area (Å²) >= 11 is 0. The minimum atomic E-state index is 0.322. The van der Waals surface area contributed by atoms with Gasteiger partial charge in [0, 0.05) is 18.8 Å². The number of anilines is 1. The van der Waals surface area contributed by atoms with E-state index in [0.29, 0.717) is 17.4 Å². The zero-order valence-electron chi connectivity index (χ0n) is 9.21. The highest BCUT2D eigenvalue weighted by molar-refractivity contribution is 5.55. The van der Waals surface area contributed by atoms with Gasteiger partial charge in [-0.2, -0.15) is 0 Å². The Morgan fingerprint density at radius 3 is 2.88 bits per heavy atom. The fourth-order valence-electron chi connectivity index (χ4n) is 1.53. The van der Waals surface area contributed by atoms with Crippen LogP contribution in [-0.2, 0) is 6.42 Å². The van der Waals surface area contributed by atoms with Crippen molar-refractivity contribution >= 4 is 5.82 Å². The Morgan fingerprint density at radius 2 is 2.19 bits per heavy atom. The molecular weight excluding hydrogens is 206 g/mol. The Balaban J connectivity index is 2.60. The lowest BCUT2D eigenvalue weighted by Crippen LogP contribution is -2.07. The highest BCUT2D eigenvalue weighted by Gasteiger charge is 2.13. The molecule has 2 N–H and O–H groups in total. The predicted octanol–water partition coefficient (Wildman–Crippen LogP) is 0.815. The molecule has 0 unspecified atom stereocenters. The van der Waals surface area contributed by atoms with Crippen molar-refractivity contribution in [2.75, 3.05) is 12.8 Å². The first-order valence-corrected chi connectivity index (χ1v) is 4.95. The van der Waals surface area contributed by atoms with Crippen molar-refractivity contribution < 1.29 is 4.74 Å². The van der Waals surface area contributed by atoms with Gasteiger partial charge in [0.05, 0.1) is 7.11 Å². The van der Waals surface area contributed by atoms with E-state index in [0.717, 1.165) is 12.2 Å². The van der Waals surface area contributed by atoms with Crippen LogP contribution in [0, 0.1) is 0 Å². The van der Waals surface area contributed by atoms with Gasteiger partial charge in [-0.3, -0.25) is 4.57 Å². The monoisotopic (exact) mass is 219 g/mol. The molecule has 0 saturated heterocycles. The van der Waals surface area contributed by atoms with Gasteiger partial charge in [0.25, 0.3) is 0 Å². The number of hydrogen-bond donors (Lipinski definition) is 1. The molecule has 0 amide bonds. The molecule has 0 atom stereocenters. The summed E-state index contributed by atoms with van der Waals surface area (Å²) in [6, 6.07) is 0. The van der Waals surface area contributed by atoms with Crippen molar-refractivity contribution in [3.63, 3.8) is 0 Å². The summed E-state index contributed by atoms with van der Waals surface area (Å²) in [6.07, 6.45) is 5.76. The van der Waals surface area contributed by atoms with E-state index in [9.17, 15) is 0 Å². The molecule has 2 rings (SSSR count). The van der Waals surface area contributed by atoms with Gasteiger partial charge < -0.3 is 10.5 Å². The van der Waals surface area contributed by atoms with Gasteiger partial charge in [0.15, 0.2) is 11.6 Å². The van der Waals surface area contributed by atoms with Crippen LogP contribution in [0.5, 0.6) is 5.75 Å². The first-order valence-electron chi connectivity index (χ1n) is 4.95. The molecule has 0 aliphatic carbocycles. The minimum Gasteiger partial charge on any atom is -0.490 e. The standard InChI is InChI=1S/C10H13N5O/c1-3-7-12-4-5-15(7)10-8(16-2)9(11)13-6-14-10/h4-6H,3H2,1-2H3,(H2,11,13,14). The zero-order valence-corrected chi connectivity index (χ0v) is 9.21. The molecule has 0 bridgehead atoms. The average molecular weight is 219 g/mol. The van der Waals surface area contributed by atoms with Crippen LogP contribution in [0.1, 0.15) is 12.7 Å². The molecule has 0 fully saturated rings. The Labute approximate surface area is 93.1 Å². The van der Waals surface area contributed by atoms with Crippen LogP contribution in [0.3, 0.4) is 0 Å². The third-order valence-corrected chi connectivity index (χ3v) is 2.28. The first-order chi connectivity index (χ1) is 7.77. The molecule has 2 aromatic heterocycles. The van der Waals surface area contributed by atoms with Crippen molar-refractivity contribution in [3.05, 3.63) is 24.5 Å². The summed E-state index contributed by atoms with van der Waals surface area (Å²) in [4.78, 5) is 12.3. The predicted molar refractivity (Wildman–Crippen MR) is 59.5 cm³/mol. The molecule has 2 heterocycles. The topological polar surface area (TPSA) is 78.9 Å². The van der Waals surface area contributed by atoms with Crippen molar-refractivity contribution in [3.8, 4) is 11.6 Å². The maximum atomic E-state index is 5.72. The maximum absolute atomic E-state index is 5.72. The summed E-state index contributed by atoms with van der Waals surface area (Å²) in [5.41, 5.74) is 5.72. The van der Waals surface area contributed by atoms with E-state index in [1.807, 2.05) is 17.7 Å². The van der Waals surface area contributed by atoms with E-state index in [1.54, 1.807) is 13.3 Å². The van der Waals surface area contributed by atoms with Gasteiger partial charge in [-0.15, -0.1) is 0 Å². The van der Waals surface area contributed by atoms with E-state index < -0.39 is 0 Å². The summed E-state index contributed by atoms with van der Waals surface area (Å²) in [7, 11) is 1.54. The summed E-state index contributed by atoms with van der Waals surface area (Å²) in [5, 5.41) is 0. The fourth-order valence-corrected chi connectivity index (χ4v) is 1.53. The number of hydrogen-bond acceptors (Lipinski definition) is 5. The largest absolute Gasteiger partial charge is 0.490 e. The van der Waals surface area contributed by atoms with E-state index >= 15 is 0 Å². The molecule has 16 heavy (non-hydrogen) atoms. The summed E-state index contributed by atoms with van der Waals surface area (Å²) in [5.74, 6) is 2.30. The average Bonchev–Trinajstić information content (AvgIpc) is 2.76.